The Morgan fingerprint density at radius 2 is 1.88 bits per heavy atom. The number of hydrogen-bond donors (Lipinski definition) is 2. The highest BCUT2D eigenvalue weighted by Crippen LogP contribution is 2.36. The molecule has 1 atom stereocenters. The topological polar surface area (TPSA) is 58.2 Å². The van der Waals surface area contributed by atoms with Crippen molar-refractivity contribution in [3.8, 4) is 0 Å². The molecular formula is C18H24F2N2O2. The molecule has 24 heavy (non-hydrogen) atoms. The zero-order valence-electron chi connectivity index (χ0n) is 13.7. The van der Waals surface area contributed by atoms with E-state index in [9.17, 15) is 18.4 Å². The van der Waals surface area contributed by atoms with Crippen molar-refractivity contribution in [2.75, 3.05) is 13.1 Å². The van der Waals surface area contributed by atoms with Crippen molar-refractivity contribution in [3.05, 3.63) is 35.9 Å². The van der Waals surface area contributed by atoms with Crippen LogP contribution in [0.4, 0.5) is 8.78 Å². The minimum atomic E-state index is -2.60. The van der Waals surface area contributed by atoms with Gasteiger partial charge in [0.2, 0.25) is 17.7 Å². The Morgan fingerprint density at radius 3 is 2.58 bits per heavy atom. The van der Waals surface area contributed by atoms with Crippen LogP contribution >= 0.6 is 0 Å². The third-order valence-electron chi connectivity index (χ3n) is 4.21. The predicted molar refractivity (Wildman–Crippen MR) is 87.7 cm³/mol. The van der Waals surface area contributed by atoms with Crippen molar-refractivity contribution in [2.24, 2.45) is 5.92 Å². The van der Waals surface area contributed by atoms with E-state index in [0.29, 0.717) is 6.42 Å². The van der Waals surface area contributed by atoms with E-state index in [1.807, 2.05) is 30.3 Å². The van der Waals surface area contributed by atoms with Gasteiger partial charge in [-0.15, -0.1) is 0 Å². The largest absolute Gasteiger partial charge is 0.356 e. The van der Waals surface area contributed by atoms with Crippen molar-refractivity contribution >= 4 is 11.8 Å². The molecule has 1 fully saturated rings. The summed E-state index contributed by atoms with van der Waals surface area (Å²) in [4.78, 5) is 23.5. The fourth-order valence-electron chi connectivity index (χ4n) is 2.96. The van der Waals surface area contributed by atoms with E-state index in [1.54, 1.807) is 0 Å². The van der Waals surface area contributed by atoms with Gasteiger partial charge in [0.15, 0.2) is 0 Å². The average molecular weight is 338 g/mol. The van der Waals surface area contributed by atoms with Crippen LogP contribution in [0.2, 0.25) is 0 Å². The average Bonchev–Trinajstić information content (AvgIpc) is 2.53. The van der Waals surface area contributed by atoms with E-state index in [1.165, 1.54) is 0 Å². The molecule has 0 spiro atoms. The molecule has 0 aromatic heterocycles. The van der Waals surface area contributed by atoms with Crippen molar-refractivity contribution in [3.63, 3.8) is 0 Å². The summed E-state index contributed by atoms with van der Waals surface area (Å²) in [6.45, 7) is 0.532. The normalized spacial score (nSPS) is 19.5. The smallest absolute Gasteiger partial charge is 0.248 e. The van der Waals surface area contributed by atoms with Gasteiger partial charge in [-0.1, -0.05) is 30.3 Å². The number of nitrogens with one attached hydrogen (secondary N) is 2. The standard InChI is InChI=1S/C18H24F2N2O2/c19-18(20)9-4-7-15(12-18)13-22-16(23)8-10-21-17(24)11-14-5-2-1-3-6-14/h1-3,5-6,15H,4,7-13H2,(H,21,24)(H,22,23). The molecule has 2 rings (SSSR count). The van der Waals surface area contributed by atoms with Crippen molar-refractivity contribution < 1.29 is 18.4 Å². The van der Waals surface area contributed by atoms with Crippen LogP contribution in [0.1, 0.15) is 37.7 Å². The molecule has 0 heterocycles. The van der Waals surface area contributed by atoms with Crippen LogP contribution in [0, 0.1) is 5.92 Å². The molecule has 1 aromatic rings. The van der Waals surface area contributed by atoms with Gasteiger partial charge in [-0.25, -0.2) is 8.78 Å². The lowest BCUT2D eigenvalue weighted by Gasteiger charge is -2.28. The van der Waals surface area contributed by atoms with Gasteiger partial charge in [0, 0.05) is 32.4 Å². The zero-order chi connectivity index (χ0) is 17.4. The summed E-state index contributed by atoms with van der Waals surface area (Å²) < 4.78 is 26.6. The number of carbonyl (C=O) groups is 2. The Kier molecular flexibility index (Phi) is 6.70. The zero-order valence-corrected chi connectivity index (χ0v) is 13.7. The van der Waals surface area contributed by atoms with E-state index >= 15 is 0 Å². The Bertz CT molecular complexity index is 549. The van der Waals surface area contributed by atoms with Gasteiger partial charge in [-0.2, -0.15) is 0 Å². The number of rotatable bonds is 7. The summed E-state index contributed by atoms with van der Waals surface area (Å²) in [6.07, 6.45) is 1.46. The van der Waals surface area contributed by atoms with Crippen LogP contribution in [-0.4, -0.2) is 30.8 Å². The predicted octanol–water partition coefficient (Wildman–Crippen LogP) is 2.68. The molecule has 0 bridgehead atoms. The van der Waals surface area contributed by atoms with E-state index in [2.05, 4.69) is 10.6 Å². The Labute approximate surface area is 141 Å². The van der Waals surface area contributed by atoms with Crippen molar-refractivity contribution in [2.45, 2.75) is 44.4 Å². The Hall–Kier alpha value is -1.98. The van der Waals surface area contributed by atoms with Gasteiger partial charge in [0.25, 0.3) is 0 Å². The lowest BCUT2D eigenvalue weighted by Crippen LogP contribution is -2.36. The van der Waals surface area contributed by atoms with Crippen LogP contribution < -0.4 is 10.6 Å². The minimum Gasteiger partial charge on any atom is -0.356 e. The van der Waals surface area contributed by atoms with Crippen LogP contribution in [0.25, 0.3) is 0 Å². The molecule has 2 amide bonds. The molecule has 1 unspecified atom stereocenters. The van der Waals surface area contributed by atoms with E-state index < -0.39 is 5.92 Å². The molecule has 0 saturated heterocycles. The molecule has 132 valence electrons. The monoisotopic (exact) mass is 338 g/mol. The molecule has 1 aliphatic carbocycles. The molecule has 1 aromatic carbocycles. The maximum absolute atomic E-state index is 13.3. The number of alkyl halides is 2. The maximum Gasteiger partial charge on any atom is 0.248 e. The van der Waals surface area contributed by atoms with Crippen molar-refractivity contribution in [1.29, 1.82) is 0 Å². The van der Waals surface area contributed by atoms with Gasteiger partial charge < -0.3 is 10.6 Å². The van der Waals surface area contributed by atoms with E-state index in [0.717, 1.165) is 12.0 Å². The molecule has 2 N–H and O–H groups in total. The highest BCUT2D eigenvalue weighted by Gasteiger charge is 2.36. The number of carbonyl (C=O) groups excluding carboxylic acids is 2. The second-order valence-electron chi connectivity index (χ2n) is 6.38. The third kappa shape index (κ3) is 6.64. The Morgan fingerprint density at radius 1 is 1.12 bits per heavy atom. The number of halogens is 2. The van der Waals surface area contributed by atoms with Crippen LogP contribution in [-0.2, 0) is 16.0 Å². The molecule has 0 radical (unpaired) electrons. The third-order valence-corrected chi connectivity index (χ3v) is 4.21. The molecular weight excluding hydrogens is 314 g/mol. The highest BCUT2D eigenvalue weighted by molar-refractivity contribution is 5.80. The minimum absolute atomic E-state index is 0.0507. The number of amides is 2. The summed E-state index contributed by atoms with van der Waals surface area (Å²) in [5, 5.41) is 5.38. The van der Waals surface area contributed by atoms with Gasteiger partial charge in [-0.3, -0.25) is 9.59 Å². The first-order valence-electron chi connectivity index (χ1n) is 8.40. The number of hydrogen-bond acceptors (Lipinski definition) is 2. The first-order chi connectivity index (χ1) is 11.4. The number of benzene rings is 1. The lowest BCUT2D eigenvalue weighted by molar-refractivity contribution is -0.122. The van der Waals surface area contributed by atoms with E-state index in [-0.39, 0.29) is 56.5 Å². The molecule has 6 heteroatoms. The lowest BCUT2D eigenvalue weighted by atomic mass is 9.86. The van der Waals surface area contributed by atoms with Crippen LogP contribution in [0.3, 0.4) is 0 Å². The van der Waals surface area contributed by atoms with E-state index in [4.69, 9.17) is 0 Å². The summed E-state index contributed by atoms with van der Waals surface area (Å²) in [7, 11) is 0. The van der Waals surface area contributed by atoms with Gasteiger partial charge in [0.1, 0.15) is 0 Å². The summed E-state index contributed by atoms with van der Waals surface area (Å²) in [6, 6.07) is 9.35. The first kappa shape index (κ1) is 18.4. The van der Waals surface area contributed by atoms with Crippen LogP contribution in [0.5, 0.6) is 0 Å². The SMILES string of the molecule is O=C(CCNC(=O)Cc1ccccc1)NCC1CCCC(F)(F)C1. The van der Waals surface area contributed by atoms with Crippen molar-refractivity contribution in [1.82, 2.24) is 10.6 Å². The second kappa shape index (κ2) is 8.76. The highest BCUT2D eigenvalue weighted by atomic mass is 19.3. The fourth-order valence-corrected chi connectivity index (χ4v) is 2.96. The quantitative estimate of drug-likeness (QED) is 0.803. The van der Waals surface area contributed by atoms with Crippen LogP contribution in [0.15, 0.2) is 30.3 Å². The summed E-state index contributed by atoms with van der Waals surface area (Å²) in [5.41, 5.74) is 0.915. The van der Waals surface area contributed by atoms with Gasteiger partial charge in [0.05, 0.1) is 6.42 Å². The molecule has 1 saturated carbocycles. The first-order valence-corrected chi connectivity index (χ1v) is 8.40. The van der Waals surface area contributed by atoms with Gasteiger partial charge >= 0.3 is 0 Å². The molecule has 4 nitrogen and oxygen atoms in total. The summed E-state index contributed by atoms with van der Waals surface area (Å²) >= 11 is 0. The maximum atomic E-state index is 13.3. The second-order valence-corrected chi connectivity index (χ2v) is 6.38. The van der Waals surface area contributed by atoms with Gasteiger partial charge in [-0.05, 0) is 24.3 Å². The fraction of sp³-hybridized carbons (Fsp3) is 0.556. The molecule has 0 aliphatic heterocycles. The Balaban J connectivity index is 1.59. The molecule has 1 aliphatic rings. The summed E-state index contributed by atoms with van der Waals surface area (Å²) in [5.74, 6) is -3.12.